The van der Waals surface area contributed by atoms with E-state index in [-0.39, 0.29) is 18.2 Å². The molecule has 1 aliphatic rings. The summed E-state index contributed by atoms with van der Waals surface area (Å²) in [6.45, 7) is 1.37. The van der Waals surface area contributed by atoms with Crippen LogP contribution in [-0.2, 0) is 0 Å². The molecule has 0 aliphatic heterocycles. The molecule has 6 nitrogen and oxygen atoms in total. The lowest BCUT2D eigenvalue weighted by atomic mass is 9.80. The first-order chi connectivity index (χ1) is 10.7. The van der Waals surface area contributed by atoms with E-state index in [2.05, 4.69) is 20.5 Å². The number of anilines is 1. The summed E-state index contributed by atoms with van der Waals surface area (Å²) in [6.07, 6.45) is 8.99. The number of rotatable bonds is 6. The van der Waals surface area contributed by atoms with Gasteiger partial charge >= 0.3 is 6.03 Å². The van der Waals surface area contributed by atoms with E-state index in [1.807, 2.05) is 7.05 Å². The third-order valence-corrected chi connectivity index (χ3v) is 4.55. The second-order valence-electron chi connectivity index (χ2n) is 5.97. The molecular formula is C16H26N4O2. The highest BCUT2D eigenvalue weighted by atomic mass is 16.3. The molecule has 122 valence electrons. The van der Waals surface area contributed by atoms with Crippen molar-refractivity contribution in [3.8, 4) is 0 Å². The van der Waals surface area contributed by atoms with Gasteiger partial charge in [0.2, 0.25) is 0 Å². The molecule has 1 aliphatic carbocycles. The number of aliphatic hydroxyl groups excluding tert-OH is 1. The monoisotopic (exact) mass is 306 g/mol. The number of hydrogen-bond donors (Lipinski definition) is 3. The number of carbonyl (C=O) groups is 1. The van der Waals surface area contributed by atoms with Crippen LogP contribution in [-0.4, -0.2) is 53.3 Å². The summed E-state index contributed by atoms with van der Waals surface area (Å²) in [5.74, 6) is 0. The molecule has 1 aromatic rings. The Morgan fingerprint density at radius 1 is 1.32 bits per heavy atom. The van der Waals surface area contributed by atoms with Crippen molar-refractivity contribution >= 4 is 11.7 Å². The van der Waals surface area contributed by atoms with Crippen LogP contribution in [0.25, 0.3) is 0 Å². The number of aromatic nitrogens is 1. The van der Waals surface area contributed by atoms with Crippen LogP contribution in [0.1, 0.15) is 32.1 Å². The predicted octanol–water partition coefficient (Wildman–Crippen LogP) is 1.83. The number of carbonyl (C=O) groups excluding carboxylic acids is 1. The molecule has 3 N–H and O–H groups in total. The number of nitrogens with zero attached hydrogens (tertiary/aromatic N) is 2. The first-order valence-corrected chi connectivity index (χ1v) is 7.93. The number of urea groups is 1. The van der Waals surface area contributed by atoms with E-state index < -0.39 is 0 Å². The highest BCUT2D eigenvalue weighted by Gasteiger charge is 2.35. The van der Waals surface area contributed by atoms with Crippen molar-refractivity contribution in [3.63, 3.8) is 0 Å². The Morgan fingerprint density at radius 2 is 2.00 bits per heavy atom. The van der Waals surface area contributed by atoms with E-state index in [1.54, 1.807) is 24.5 Å². The first kappa shape index (κ1) is 16.7. The Hall–Kier alpha value is -1.66. The standard InChI is InChI=1S/C16H26N4O2/c1-20(11-12-21)16(7-3-2-4-8-16)13-18-15(22)19-14-5-9-17-10-6-14/h5-6,9-10,21H,2-4,7-8,11-13H2,1H3,(H2,17,18,19,22). The highest BCUT2D eigenvalue weighted by molar-refractivity contribution is 5.89. The summed E-state index contributed by atoms with van der Waals surface area (Å²) in [7, 11) is 2.03. The zero-order valence-electron chi connectivity index (χ0n) is 13.2. The largest absolute Gasteiger partial charge is 0.395 e. The molecule has 1 heterocycles. The zero-order valence-corrected chi connectivity index (χ0v) is 13.2. The summed E-state index contributed by atoms with van der Waals surface area (Å²) < 4.78 is 0. The van der Waals surface area contributed by atoms with Gasteiger partial charge in [-0.05, 0) is 32.0 Å². The summed E-state index contributed by atoms with van der Waals surface area (Å²) >= 11 is 0. The van der Waals surface area contributed by atoms with Crippen molar-refractivity contribution in [2.45, 2.75) is 37.6 Å². The minimum atomic E-state index is -0.200. The van der Waals surface area contributed by atoms with Gasteiger partial charge in [0.25, 0.3) is 0 Å². The number of hydrogen-bond acceptors (Lipinski definition) is 4. The normalized spacial score (nSPS) is 17.2. The van der Waals surface area contributed by atoms with Crippen LogP contribution in [0, 0.1) is 0 Å². The van der Waals surface area contributed by atoms with E-state index in [0.717, 1.165) is 18.5 Å². The molecule has 2 amide bonds. The number of nitrogens with one attached hydrogen (secondary N) is 2. The Kier molecular flexibility index (Phi) is 6.15. The van der Waals surface area contributed by atoms with Gasteiger partial charge in [-0.15, -0.1) is 0 Å². The van der Waals surface area contributed by atoms with Gasteiger partial charge < -0.3 is 15.7 Å². The van der Waals surface area contributed by atoms with Crippen LogP contribution in [0.3, 0.4) is 0 Å². The first-order valence-electron chi connectivity index (χ1n) is 7.93. The van der Waals surface area contributed by atoms with Gasteiger partial charge in [-0.2, -0.15) is 0 Å². The van der Waals surface area contributed by atoms with Crippen molar-refractivity contribution < 1.29 is 9.90 Å². The van der Waals surface area contributed by atoms with Crippen molar-refractivity contribution in [2.24, 2.45) is 0 Å². The van der Waals surface area contributed by atoms with Crippen LogP contribution in [0.4, 0.5) is 10.5 Å². The molecule has 0 bridgehead atoms. The lowest BCUT2D eigenvalue weighted by Crippen LogP contribution is -2.56. The summed E-state index contributed by atoms with van der Waals surface area (Å²) in [5.41, 5.74) is 0.685. The molecule has 0 aromatic carbocycles. The lowest BCUT2D eigenvalue weighted by Gasteiger charge is -2.44. The molecule has 1 saturated carbocycles. The van der Waals surface area contributed by atoms with E-state index in [1.165, 1.54) is 19.3 Å². The van der Waals surface area contributed by atoms with Crippen molar-refractivity contribution in [1.82, 2.24) is 15.2 Å². The fourth-order valence-corrected chi connectivity index (χ4v) is 3.15. The van der Waals surface area contributed by atoms with Gasteiger partial charge in [0.1, 0.15) is 0 Å². The van der Waals surface area contributed by atoms with Gasteiger partial charge in [0.05, 0.1) is 6.61 Å². The topological polar surface area (TPSA) is 77.5 Å². The fraction of sp³-hybridized carbons (Fsp3) is 0.625. The van der Waals surface area contributed by atoms with Gasteiger partial charge in [0, 0.05) is 36.7 Å². The molecule has 0 spiro atoms. The van der Waals surface area contributed by atoms with Crippen LogP contribution < -0.4 is 10.6 Å². The number of likely N-dealkylation sites (N-methyl/N-ethyl adjacent to an activating group) is 1. The molecule has 22 heavy (non-hydrogen) atoms. The number of β-amino-alcohol motifs (C(OH)–C–C–N with tert-alkyl or cyclic N) is 1. The molecule has 0 atom stereocenters. The van der Waals surface area contributed by atoms with E-state index in [4.69, 9.17) is 0 Å². The van der Waals surface area contributed by atoms with Crippen molar-refractivity contribution in [2.75, 3.05) is 32.1 Å². The molecular weight excluding hydrogens is 280 g/mol. The lowest BCUT2D eigenvalue weighted by molar-refractivity contribution is 0.0605. The van der Waals surface area contributed by atoms with Crippen molar-refractivity contribution in [1.29, 1.82) is 0 Å². The van der Waals surface area contributed by atoms with E-state index in [0.29, 0.717) is 13.1 Å². The molecule has 0 saturated heterocycles. The second kappa shape index (κ2) is 8.10. The van der Waals surface area contributed by atoms with E-state index in [9.17, 15) is 9.90 Å². The molecule has 0 unspecified atom stereocenters. The predicted molar refractivity (Wildman–Crippen MR) is 86.8 cm³/mol. The molecule has 0 radical (unpaired) electrons. The van der Waals surface area contributed by atoms with Gasteiger partial charge in [0.15, 0.2) is 0 Å². The second-order valence-corrected chi connectivity index (χ2v) is 5.97. The van der Waals surface area contributed by atoms with Gasteiger partial charge in [-0.3, -0.25) is 9.88 Å². The Labute approximate surface area is 131 Å². The molecule has 1 fully saturated rings. The summed E-state index contributed by atoms with van der Waals surface area (Å²) in [6, 6.07) is 3.32. The average Bonchev–Trinajstić information content (AvgIpc) is 2.55. The molecule has 1 aromatic heterocycles. The Balaban J connectivity index is 1.91. The van der Waals surface area contributed by atoms with E-state index >= 15 is 0 Å². The number of amides is 2. The maximum absolute atomic E-state index is 12.1. The average molecular weight is 306 g/mol. The maximum atomic E-state index is 12.1. The maximum Gasteiger partial charge on any atom is 0.319 e. The highest BCUT2D eigenvalue weighted by Crippen LogP contribution is 2.32. The van der Waals surface area contributed by atoms with Gasteiger partial charge in [-0.25, -0.2) is 4.79 Å². The Morgan fingerprint density at radius 3 is 2.64 bits per heavy atom. The summed E-state index contributed by atoms with van der Waals surface area (Å²) in [5, 5.41) is 15.0. The van der Waals surface area contributed by atoms with Crippen LogP contribution in [0.5, 0.6) is 0 Å². The summed E-state index contributed by atoms with van der Waals surface area (Å²) in [4.78, 5) is 18.2. The number of pyridine rings is 1. The minimum Gasteiger partial charge on any atom is -0.395 e. The smallest absolute Gasteiger partial charge is 0.319 e. The SMILES string of the molecule is CN(CCO)C1(CNC(=O)Nc2ccncc2)CCCCC1. The fourth-order valence-electron chi connectivity index (χ4n) is 3.15. The molecule has 2 rings (SSSR count). The van der Waals surface area contributed by atoms with Crippen LogP contribution >= 0.6 is 0 Å². The number of aliphatic hydroxyl groups is 1. The third kappa shape index (κ3) is 4.42. The van der Waals surface area contributed by atoms with Crippen LogP contribution in [0.15, 0.2) is 24.5 Å². The third-order valence-electron chi connectivity index (χ3n) is 4.55. The zero-order chi connectivity index (χ0) is 15.8. The minimum absolute atomic E-state index is 0.0451. The van der Waals surface area contributed by atoms with Crippen molar-refractivity contribution in [3.05, 3.63) is 24.5 Å². The quantitative estimate of drug-likeness (QED) is 0.749. The Bertz CT molecular complexity index is 460. The van der Waals surface area contributed by atoms with Gasteiger partial charge in [-0.1, -0.05) is 19.3 Å². The van der Waals surface area contributed by atoms with Crippen LogP contribution in [0.2, 0.25) is 0 Å². The molecule has 6 heteroatoms.